The minimum atomic E-state index is -0.245. The van der Waals surface area contributed by atoms with E-state index in [9.17, 15) is 4.79 Å². The summed E-state index contributed by atoms with van der Waals surface area (Å²) in [6.45, 7) is 2.64. The van der Waals surface area contributed by atoms with Gasteiger partial charge in [0.05, 0.1) is 30.3 Å². The number of carbonyl (C=O) groups excluding carboxylic acids is 1. The van der Waals surface area contributed by atoms with E-state index in [1.165, 1.54) is 0 Å². The Hall–Kier alpha value is -0.490. The Labute approximate surface area is 113 Å². The molecule has 3 aliphatic rings. The molecule has 7 atom stereocenters. The summed E-state index contributed by atoms with van der Waals surface area (Å²) >= 11 is 0. The molecule has 0 aromatic heterocycles. The lowest BCUT2D eigenvalue weighted by atomic mass is 9.69. The molecule has 1 saturated carbocycles. The third kappa shape index (κ3) is 2.03. The first-order valence-corrected chi connectivity index (χ1v) is 7.02. The molecule has 0 bridgehead atoms. The Balaban J connectivity index is 1.94. The summed E-state index contributed by atoms with van der Waals surface area (Å²) in [7, 11) is 3.34. The number of ether oxygens (including phenoxy) is 4. The van der Waals surface area contributed by atoms with Crippen LogP contribution < -0.4 is 0 Å². The van der Waals surface area contributed by atoms with Gasteiger partial charge in [-0.15, -0.1) is 0 Å². The minimum absolute atomic E-state index is 0.0192. The topological polar surface area (TPSA) is 54.0 Å². The molecule has 2 saturated heterocycles. The van der Waals surface area contributed by atoms with Gasteiger partial charge in [-0.2, -0.15) is 0 Å². The zero-order chi connectivity index (χ0) is 13.6. The second kappa shape index (κ2) is 5.13. The van der Waals surface area contributed by atoms with Crippen LogP contribution in [0.5, 0.6) is 0 Å². The summed E-state index contributed by atoms with van der Waals surface area (Å²) in [6.07, 6.45) is 0.798. The minimum Gasteiger partial charge on any atom is -0.380 e. The summed E-state index contributed by atoms with van der Waals surface area (Å²) < 4.78 is 23.1. The number of hydrogen-bond donors (Lipinski definition) is 0. The molecule has 3 fully saturated rings. The first-order chi connectivity index (χ1) is 9.17. The Kier molecular flexibility index (Phi) is 3.64. The first kappa shape index (κ1) is 13.5. The van der Waals surface area contributed by atoms with Crippen molar-refractivity contribution in [1.82, 2.24) is 0 Å². The quantitative estimate of drug-likeness (QED) is 0.743. The van der Waals surface area contributed by atoms with Gasteiger partial charge < -0.3 is 18.9 Å². The van der Waals surface area contributed by atoms with Gasteiger partial charge in [-0.05, 0) is 13.3 Å². The molecule has 5 heteroatoms. The molecule has 0 spiro atoms. The van der Waals surface area contributed by atoms with Gasteiger partial charge in [-0.3, -0.25) is 4.79 Å². The molecule has 2 aliphatic heterocycles. The summed E-state index contributed by atoms with van der Waals surface area (Å²) in [5.74, 6) is 0.259. The van der Waals surface area contributed by atoms with E-state index in [0.717, 1.165) is 6.42 Å². The standard InChI is InChI=1S/C14H22O5/c1-7-6-9(15)10-11(16-2)8-4-5-18-12(8)14(17-3)13(10)19-7/h7-8,10-14H,4-6H2,1-3H3. The van der Waals surface area contributed by atoms with Gasteiger partial charge in [0.1, 0.15) is 11.9 Å². The number of hydrogen-bond acceptors (Lipinski definition) is 5. The second-order valence-corrected chi connectivity index (χ2v) is 5.80. The van der Waals surface area contributed by atoms with Gasteiger partial charge in [0.2, 0.25) is 0 Å². The van der Waals surface area contributed by atoms with Crippen molar-refractivity contribution in [3.63, 3.8) is 0 Å². The molecule has 108 valence electrons. The highest BCUT2D eigenvalue weighted by Crippen LogP contribution is 2.44. The smallest absolute Gasteiger partial charge is 0.143 e. The van der Waals surface area contributed by atoms with Crippen molar-refractivity contribution in [3.8, 4) is 0 Å². The van der Waals surface area contributed by atoms with Crippen molar-refractivity contribution >= 4 is 5.78 Å². The molecule has 2 heterocycles. The van der Waals surface area contributed by atoms with Crippen LogP contribution in [0.15, 0.2) is 0 Å². The van der Waals surface area contributed by atoms with Crippen LogP contribution in [-0.4, -0.2) is 57.1 Å². The predicted molar refractivity (Wildman–Crippen MR) is 66.9 cm³/mol. The third-order valence-corrected chi connectivity index (χ3v) is 4.76. The maximum absolute atomic E-state index is 12.4. The van der Waals surface area contributed by atoms with Gasteiger partial charge in [-0.25, -0.2) is 0 Å². The van der Waals surface area contributed by atoms with Crippen molar-refractivity contribution in [2.24, 2.45) is 11.8 Å². The van der Waals surface area contributed by atoms with E-state index in [-0.39, 0.29) is 48.1 Å². The Morgan fingerprint density at radius 2 is 1.89 bits per heavy atom. The summed E-state index contributed by atoms with van der Waals surface area (Å²) in [5, 5.41) is 0. The summed E-state index contributed by atoms with van der Waals surface area (Å²) in [6, 6.07) is 0. The molecule has 0 aromatic carbocycles. The molecule has 0 radical (unpaired) electrons. The van der Waals surface area contributed by atoms with Crippen LogP contribution in [0.3, 0.4) is 0 Å². The van der Waals surface area contributed by atoms with Crippen LogP contribution in [0.2, 0.25) is 0 Å². The lowest BCUT2D eigenvalue weighted by Crippen LogP contribution is -2.63. The molecule has 5 nitrogen and oxygen atoms in total. The lowest BCUT2D eigenvalue weighted by molar-refractivity contribution is -0.224. The monoisotopic (exact) mass is 270 g/mol. The highest BCUT2D eigenvalue weighted by atomic mass is 16.6. The lowest BCUT2D eigenvalue weighted by Gasteiger charge is -2.49. The number of fused-ring (bicyclic) bond motifs is 2. The molecule has 7 unspecified atom stereocenters. The molecule has 19 heavy (non-hydrogen) atoms. The van der Waals surface area contributed by atoms with Crippen molar-refractivity contribution in [2.45, 2.75) is 50.3 Å². The van der Waals surface area contributed by atoms with Gasteiger partial charge in [-0.1, -0.05) is 0 Å². The van der Waals surface area contributed by atoms with E-state index in [0.29, 0.717) is 13.0 Å². The van der Waals surface area contributed by atoms with E-state index in [4.69, 9.17) is 18.9 Å². The number of Topliss-reactive ketones (excluding diaryl/α,β-unsaturated/α-hetero) is 1. The van der Waals surface area contributed by atoms with Crippen molar-refractivity contribution < 1.29 is 23.7 Å². The summed E-state index contributed by atoms with van der Waals surface area (Å²) in [5.41, 5.74) is 0. The van der Waals surface area contributed by atoms with Crippen LogP contribution in [0.25, 0.3) is 0 Å². The molecule has 3 rings (SSSR count). The Bertz CT molecular complexity index is 358. The average molecular weight is 270 g/mol. The van der Waals surface area contributed by atoms with Crippen molar-refractivity contribution in [1.29, 1.82) is 0 Å². The van der Waals surface area contributed by atoms with Crippen LogP contribution >= 0.6 is 0 Å². The second-order valence-electron chi connectivity index (χ2n) is 5.80. The molecule has 0 N–H and O–H groups in total. The van der Waals surface area contributed by atoms with Gasteiger partial charge in [0.15, 0.2) is 0 Å². The largest absolute Gasteiger partial charge is 0.380 e. The number of carbonyl (C=O) groups is 1. The number of ketones is 1. The van der Waals surface area contributed by atoms with Gasteiger partial charge >= 0.3 is 0 Å². The van der Waals surface area contributed by atoms with Gasteiger partial charge in [0.25, 0.3) is 0 Å². The fourth-order valence-corrected chi connectivity index (χ4v) is 4.02. The molecule has 1 aliphatic carbocycles. The summed E-state index contributed by atoms with van der Waals surface area (Å²) in [4.78, 5) is 12.4. The maximum atomic E-state index is 12.4. The predicted octanol–water partition coefficient (Wildman–Crippen LogP) is 0.798. The van der Waals surface area contributed by atoms with E-state index >= 15 is 0 Å². The van der Waals surface area contributed by atoms with Crippen LogP contribution in [0.1, 0.15) is 19.8 Å². The van der Waals surface area contributed by atoms with Crippen LogP contribution in [0, 0.1) is 11.8 Å². The zero-order valence-electron chi connectivity index (χ0n) is 11.7. The molecular formula is C14H22O5. The molecule has 0 aromatic rings. The average Bonchev–Trinajstić information content (AvgIpc) is 2.84. The number of methoxy groups -OCH3 is 2. The zero-order valence-corrected chi connectivity index (χ0v) is 11.7. The normalized spacial score (nSPS) is 49.8. The number of rotatable bonds is 2. The Morgan fingerprint density at radius 1 is 1.16 bits per heavy atom. The molecular weight excluding hydrogens is 248 g/mol. The van der Waals surface area contributed by atoms with Crippen LogP contribution in [0.4, 0.5) is 0 Å². The van der Waals surface area contributed by atoms with Crippen molar-refractivity contribution in [3.05, 3.63) is 0 Å². The fraction of sp³-hybridized carbons (Fsp3) is 0.929. The van der Waals surface area contributed by atoms with E-state index in [1.807, 2.05) is 6.92 Å². The molecule has 0 amide bonds. The van der Waals surface area contributed by atoms with E-state index < -0.39 is 0 Å². The SMILES string of the molecule is COC1C2OCCC2C(OC)C2C(=O)CC(C)OC12. The highest BCUT2D eigenvalue weighted by molar-refractivity contribution is 5.83. The fourth-order valence-electron chi connectivity index (χ4n) is 4.02. The maximum Gasteiger partial charge on any atom is 0.143 e. The Morgan fingerprint density at radius 3 is 2.58 bits per heavy atom. The van der Waals surface area contributed by atoms with Crippen LogP contribution in [-0.2, 0) is 23.7 Å². The van der Waals surface area contributed by atoms with E-state index in [2.05, 4.69) is 0 Å². The van der Waals surface area contributed by atoms with Gasteiger partial charge in [0, 0.05) is 33.2 Å². The van der Waals surface area contributed by atoms with Crippen molar-refractivity contribution in [2.75, 3.05) is 20.8 Å². The van der Waals surface area contributed by atoms with E-state index in [1.54, 1.807) is 14.2 Å². The third-order valence-electron chi connectivity index (χ3n) is 4.76. The highest BCUT2D eigenvalue weighted by Gasteiger charge is 2.58. The first-order valence-electron chi connectivity index (χ1n) is 7.02.